The second kappa shape index (κ2) is 6.71. The molecule has 0 unspecified atom stereocenters. The van der Waals surface area contributed by atoms with Gasteiger partial charge in [-0.2, -0.15) is 5.26 Å². The molecule has 0 saturated heterocycles. The second-order valence-electron chi connectivity index (χ2n) is 5.35. The Labute approximate surface area is 148 Å². The maximum Gasteiger partial charge on any atom is 0.271 e. The van der Waals surface area contributed by atoms with E-state index < -0.39 is 5.56 Å². The van der Waals surface area contributed by atoms with Gasteiger partial charge in [-0.05, 0) is 12.5 Å². The van der Waals surface area contributed by atoms with Crippen LogP contribution >= 0.6 is 11.3 Å². The third-order valence-corrected chi connectivity index (χ3v) is 4.58. The van der Waals surface area contributed by atoms with Gasteiger partial charge >= 0.3 is 0 Å². The first-order valence-corrected chi connectivity index (χ1v) is 8.28. The molecule has 0 aliphatic heterocycles. The summed E-state index contributed by atoms with van der Waals surface area (Å²) in [6, 6.07) is 11.6. The molecule has 0 atom stereocenters. The van der Waals surface area contributed by atoms with E-state index in [1.54, 1.807) is 6.92 Å². The van der Waals surface area contributed by atoms with Crippen LogP contribution in [0.5, 0.6) is 5.88 Å². The Morgan fingerprint density at radius 2 is 2.08 bits per heavy atom. The molecule has 25 heavy (non-hydrogen) atoms. The summed E-state index contributed by atoms with van der Waals surface area (Å²) in [5, 5.41) is 21.8. The fourth-order valence-electron chi connectivity index (χ4n) is 2.38. The summed E-state index contributed by atoms with van der Waals surface area (Å²) in [4.78, 5) is 20.7. The van der Waals surface area contributed by atoms with Crippen molar-refractivity contribution in [2.75, 3.05) is 0 Å². The highest BCUT2D eigenvalue weighted by atomic mass is 32.1. The number of hydrogen-bond donors (Lipinski definition) is 1. The molecule has 0 bridgehead atoms. The summed E-state index contributed by atoms with van der Waals surface area (Å²) in [5.74, 6) is -0.231. The molecule has 3 rings (SSSR count). The van der Waals surface area contributed by atoms with E-state index in [0.717, 1.165) is 15.8 Å². The van der Waals surface area contributed by atoms with Crippen molar-refractivity contribution >= 4 is 22.7 Å². The molecule has 0 aliphatic carbocycles. The Kier molecular flexibility index (Phi) is 4.46. The van der Waals surface area contributed by atoms with Crippen molar-refractivity contribution in [3.63, 3.8) is 0 Å². The van der Waals surface area contributed by atoms with Crippen LogP contribution in [0.15, 0.2) is 45.5 Å². The number of aromatic hydroxyl groups is 1. The highest BCUT2D eigenvalue weighted by Crippen LogP contribution is 2.27. The van der Waals surface area contributed by atoms with Gasteiger partial charge in [0.1, 0.15) is 11.6 Å². The molecule has 0 saturated carbocycles. The molecule has 0 radical (unpaired) electrons. The van der Waals surface area contributed by atoms with Crippen molar-refractivity contribution in [3.8, 4) is 23.2 Å². The Morgan fingerprint density at radius 1 is 1.36 bits per heavy atom. The van der Waals surface area contributed by atoms with E-state index in [4.69, 9.17) is 5.26 Å². The standard InChI is InChI=1S/C18H14N4O2S/c1-11-13(8-19)16(23)22(2)17(24)14(11)9-20-18-21-15(10-25-18)12-6-4-3-5-7-12/h3-7,9-10,24H,1-2H3/b20-9+. The predicted molar refractivity (Wildman–Crippen MR) is 97.6 cm³/mol. The van der Waals surface area contributed by atoms with Crippen LogP contribution < -0.4 is 5.56 Å². The van der Waals surface area contributed by atoms with E-state index in [1.807, 2.05) is 41.8 Å². The average Bonchev–Trinajstić information content (AvgIpc) is 3.10. The maximum atomic E-state index is 12.0. The summed E-state index contributed by atoms with van der Waals surface area (Å²) in [5.41, 5.74) is 1.99. The van der Waals surface area contributed by atoms with Gasteiger partial charge in [-0.25, -0.2) is 9.98 Å². The molecule has 0 fully saturated rings. The van der Waals surface area contributed by atoms with E-state index in [9.17, 15) is 9.90 Å². The molecule has 124 valence electrons. The molecule has 1 aromatic carbocycles. The minimum atomic E-state index is -0.532. The number of rotatable bonds is 3. The lowest BCUT2D eigenvalue weighted by Crippen LogP contribution is -2.22. The van der Waals surface area contributed by atoms with Gasteiger partial charge in [0.2, 0.25) is 11.0 Å². The summed E-state index contributed by atoms with van der Waals surface area (Å²) >= 11 is 1.37. The van der Waals surface area contributed by atoms with Gasteiger partial charge in [-0.15, -0.1) is 11.3 Å². The second-order valence-corrected chi connectivity index (χ2v) is 6.19. The SMILES string of the molecule is Cc1c(/C=N/c2nc(-c3ccccc3)cs2)c(O)n(C)c(=O)c1C#N. The third-order valence-electron chi connectivity index (χ3n) is 3.83. The van der Waals surface area contributed by atoms with Crippen molar-refractivity contribution in [1.82, 2.24) is 9.55 Å². The van der Waals surface area contributed by atoms with E-state index in [2.05, 4.69) is 9.98 Å². The lowest BCUT2D eigenvalue weighted by molar-refractivity contribution is 0.421. The van der Waals surface area contributed by atoms with Crippen molar-refractivity contribution in [2.45, 2.75) is 6.92 Å². The number of pyridine rings is 1. The van der Waals surface area contributed by atoms with Gasteiger partial charge in [-0.3, -0.25) is 9.36 Å². The van der Waals surface area contributed by atoms with E-state index in [0.29, 0.717) is 16.3 Å². The zero-order valence-corrected chi connectivity index (χ0v) is 14.4. The van der Waals surface area contributed by atoms with E-state index in [1.165, 1.54) is 24.6 Å². The third kappa shape index (κ3) is 3.07. The minimum Gasteiger partial charge on any atom is -0.494 e. The summed E-state index contributed by atoms with van der Waals surface area (Å²) in [6.45, 7) is 1.61. The van der Waals surface area contributed by atoms with Gasteiger partial charge in [-0.1, -0.05) is 30.3 Å². The smallest absolute Gasteiger partial charge is 0.271 e. The van der Waals surface area contributed by atoms with Crippen molar-refractivity contribution in [3.05, 3.63) is 62.8 Å². The fraction of sp³-hybridized carbons (Fsp3) is 0.111. The zero-order chi connectivity index (χ0) is 18.0. The Hall–Kier alpha value is -3.24. The molecule has 0 spiro atoms. The summed E-state index contributed by atoms with van der Waals surface area (Å²) in [7, 11) is 1.41. The largest absolute Gasteiger partial charge is 0.494 e. The topological polar surface area (TPSA) is 91.3 Å². The first kappa shape index (κ1) is 16.6. The molecule has 6 nitrogen and oxygen atoms in total. The molecule has 2 heterocycles. The van der Waals surface area contributed by atoms with Gasteiger partial charge in [0.05, 0.1) is 11.3 Å². The summed E-state index contributed by atoms with van der Waals surface area (Å²) in [6.07, 6.45) is 1.43. The number of aromatic nitrogens is 2. The van der Waals surface area contributed by atoms with E-state index >= 15 is 0 Å². The molecule has 0 aliphatic rings. The van der Waals surface area contributed by atoms with Crippen LogP contribution in [0.3, 0.4) is 0 Å². The van der Waals surface area contributed by atoms with Crippen LogP contribution in [0.25, 0.3) is 11.3 Å². The number of hydrogen-bond acceptors (Lipinski definition) is 6. The molecule has 1 N–H and O–H groups in total. The normalized spacial score (nSPS) is 10.9. The van der Waals surface area contributed by atoms with Crippen molar-refractivity contribution < 1.29 is 5.11 Å². The van der Waals surface area contributed by atoms with Crippen LogP contribution in [0.4, 0.5) is 5.13 Å². The Balaban J connectivity index is 1.99. The van der Waals surface area contributed by atoms with Gasteiger partial charge in [0.15, 0.2) is 0 Å². The number of nitrogens with zero attached hydrogens (tertiary/aromatic N) is 4. The van der Waals surface area contributed by atoms with Gasteiger partial charge in [0, 0.05) is 24.2 Å². The predicted octanol–water partition coefficient (Wildman–Crippen LogP) is 3.15. The van der Waals surface area contributed by atoms with E-state index in [-0.39, 0.29) is 11.4 Å². The lowest BCUT2D eigenvalue weighted by atomic mass is 10.1. The molecular weight excluding hydrogens is 336 g/mol. The number of benzene rings is 1. The molecular formula is C18H14N4O2S. The summed E-state index contributed by atoms with van der Waals surface area (Å²) < 4.78 is 1.03. The Morgan fingerprint density at radius 3 is 2.76 bits per heavy atom. The maximum absolute atomic E-state index is 12.0. The monoisotopic (exact) mass is 350 g/mol. The highest BCUT2D eigenvalue weighted by Gasteiger charge is 2.15. The van der Waals surface area contributed by atoms with Crippen LogP contribution in [0, 0.1) is 18.3 Å². The molecule has 0 amide bonds. The molecule has 2 aromatic heterocycles. The fourth-order valence-corrected chi connectivity index (χ4v) is 3.05. The van der Waals surface area contributed by atoms with Crippen molar-refractivity contribution in [2.24, 2.45) is 12.0 Å². The molecule has 3 aromatic rings. The highest BCUT2D eigenvalue weighted by molar-refractivity contribution is 7.13. The first-order valence-electron chi connectivity index (χ1n) is 7.40. The van der Waals surface area contributed by atoms with Crippen molar-refractivity contribution in [1.29, 1.82) is 5.26 Å². The molecule has 7 heteroatoms. The number of aliphatic imine (C=N–C) groups is 1. The van der Waals surface area contributed by atoms with Crippen LogP contribution in [-0.2, 0) is 7.05 Å². The Bertz CT molecular complexity index is 1060. The lowest BCUT2D eigenvalue weighted by Gasteiger charge is -2.09. The first-order chi connectivity index (χ1) is 12.0. The van der Waals surface area contributed by atoms with Crippen LogP contribution in [-0.4, -0.2) is 20.9 Å². The number of thiazole rings is 1. The minimum absolute atomic E-state index is 0.00846. The quantitative estimate of drug-likeness (QED) is 0.735. The average molecular weight is 350 g/mol. The van der Waals surface area contributed by atoms with Gasteiger partial charge in [0.25, 0.3) is 5.56 Å². The van der Waals surface area contributed by atoms with Gasteiger partial charge < -0.3 is 5.11 Å². The van der Waals surface area contributed by atoms with Crippen LogP contribution in [0.2, 0.25) is 0 Å². The zero-order valence-electron chi connectivity index (χ0n) is 13.6. The number of nitriles is 1. The van der Waals surface area contributed by atoms with Crippen LogP contribution in [0.1, 0.15) is 16.7 Å².